The average molecular weight is 278 g/mol. The highest BCUT2D eigenvalue weighted by atomic mass is 32.1. The Morgan fingerprint density at radius 3 is 1.67 bits per heavy atom. The molecule has 0 saturated carbocycles. The molecule has 0 spiro atoms. The Hall–Kier alpha value is -0.790. The van der Waals surface area contributed by atoms with Crippen molar-refractivity contribution in [1.82, 2.24) is 21.7 Å². The first-order chi connectivity index (χ1) is 8.62. The van der Waals surface area contributed by atoms with Crippen LogP contribution in [0, 0.1) is 0 Å². The van der Waals surface area contributed by atoms with Crippen LogP contribution in [-0.4, -0.2) is 30.7 Å². The van der Waals surface area contributed by atoms with Crippen molar-refractivity contribution in [2.24, 2.45) is 0 Å². The van der Waals surface area contributed by atoms with Crippen molar-refractivity contribution < 1.29 is 9.59 Å². The van der Waals surface area contributed by atoms with Gasteiger partial charge in [-0.15, -0.1) is 0 Å². The van der Waals surface area contributed by atoms with Gasteiger partial charge in [-0.25, -0.2) is 10.9 Å². The summed E-state index contributed by atoms with van der Waals surface area (Å²) < 4.78 is 0. The largest absolute Gasteiger partial charge is 0.292 e. The molecular weight excluding hydrogens is 252 g/mol. The van der Waals surface area contributed by atoms with Gasteiger partial charge in [0.05, 0.1) is 0 Å². The van der Waals surface area contributed by atoms with Crippen LogP contribution in [0.4, 0.5) is 0 Å². The summed E-state index contributed by atoms with van der Waals surface area (Å²) in [6, 6.07) is 0. The summed E-state index contributed by atoms with van der Waals surface area (Å²) in [6.45, 7) is 7.35. The number of amides is 2. The standard InChI is InChI=1S/C6H14N2O.C5H12N2OS/c1-3-5-6(9)8-7-4-2;1-2-6-7-5(8)3-4-9/h7H,3-5H2,1-2H3,(H,8,9);6,9H,2-4H2,1H3,(H,7,8). The SMILES string of the molecule is CCCC(=O)NNCC.CCNNC(=O)CCS. The number of hydrogen-bond donors (Lipinski definition) is 5. The van der Waals surface area contributed by atoms with E-state index in [2.05, 4.69) is 34.3 Å². The maximum Gasteiger partial charge on any atom is 0.234 e. The van der Waals surface area contributed by atoms with Gasteiger partial charge < -0.3 is 0 Å². The topological polar surface area (TPSA) is 82.3 Å². The van der Waals surface area contributed by atoms with E-state index in [1.807, 2.05) is 20.8 Å². The first-order valence-electron chi connectivity index (χ1n) is 6.26. The fourth-order valence-corrected chi connectivity index (χ4v) is 1.03. The fourth-order valence-electron chi connectivity index (χ4n) is 0.828. The summed E-state index contributed by atoms with van der Waals surface area (Å²) in [4.78, 5) is 21.2. The minimum Gasteiger partial charge on any atom is -0.292 e. The lowest BCUT2D eigenvalue weighted by Crippen LogP contribution is -2.37. The third kappa shape index (κ3) is 17.6. The van der Waals surface area contributed by atoms with E-state index in [9.17, 15) is 9.59 Å². The van der Waals surface area contributed by atoms with Gasteiger partial charge in [-0.1, -0.05) is 20.8 Å². The van der Waals surface area contributed by atoms with E-state index < -0.39 is 0 Å². The van der Waals surface area contributed by atoms with E-state index in [0.717, 1.165) is 19.5 Å². The van der Waals surface area contributed by atoms with E-state index in [-0.39, 0.29) is 11.8 Å². The third-order valence-corrected chi connectivity index (χ3v) is 1.85. The molecule has 0 rings (SSSR count). The highest BCUT2D eigenvalue weighted by Crippen LogP contribution is 1.82. The lowest BCUT2D eigenvalue weighted by Gasteiger charge is -2.01. The molecule has 6 nitrogen and oxygen atoms in total. The molecule has 0 aliphatic carbocycles. The number of rotatable bonds is 8. The van der Waals surface area contributed by atoms with Crippen molar-refractivity contribution in [3.63, 3.8) is 0 Å². The third-order valence-electron chi connectivity index (χ3n) is 1.63. The molecule has 0 fully saturated rings. The number of hydrazine groups is 2. The maximum absolute atomic E-state index is 10.6. The zero-order valence-electron chi connectivity index (χ0n) is 11.5. The van der Waals surface area contributed by atoms with Gasteiger partial charge in [0.1, 0.15) is 0 Å². The van der Waals surface area contributed by atoms with Gasteiger partial charge in [-0.05, 0) is 12.2 Å². The lowest BCUT2D eigenvalue weighted by molar-refractivity contribution is -0.122. The zero-order valence-corrected chi connectivity index (χ0v) is 12.4. The highest BCUT2D eigenvalue weighted by molar-refractivity contribution is 7.80. The van der Waals surface area contributed by atoms with Gasteiger partial charge in [-0.2, -0.15) is 12.6 Å². The molecule has 0 atom stereocenters. The normalized spacial score (nSPS) is 9.11. The molecule has 0 aromatic heterocycles. The lowest BCUT2D eigenvalue weighted by atomic mass is 10.3. The van der Waals surface area contributed by atoms with Crippen molar-refractivity contribution in [2.45, 2.75) is 40.0 Å². The molecule has 18 heavy (non-hydrogen) atoms. The van der Waals surface area contributed by atoms with Gasteiger partial charge in [0.15, 0.2) is 0 Å². The van der Waals surface area contributed by atoms with Crippen LogP contribution in [0.2, 0.25) is 0 Å². The molecule has 7 heteroatoms. The van der Waals surface area contributed by atoms with Crippen molar-refractivity contribution in [2.75, 3.05) is 18.8 Å². The van der Waals surface area contributed by atoms with Crippen molar-refractivity contribution >= 4 is 24.4 Å². The quantitative estimate of drug-likeness (QED) is 0.328. The summed E-state index contributed by atoms with van der Waals surface area (Å²) in [5, 5.41) is 0. The van der Waals surface area contributed by atoms with Gasteiger partial charge in [0, 0.05) is 25.9 Å². The van der Waals surface area contributed by atoms with E-state index in [1.165, 1.54) is 0 Å². The second-order valence-corrected chi connectivity index (χ2v) is 3.83. The predicted molar refractivity (Wildman–Crippen MR) is 77.0 cm³/mol. The Labute approximate surface area is 115 Å². The maximum atomic E-state index is 10.6. The number of thiol groups is 1. The van der Waals surface area contributed by atoms with E-state index >= 15 is 0 Å². The zero-order chi connectivity index (χ0) is 14.2. The monoisotopic (exact) mass is 278 g/mol. The molecule has 0 aliphatic rings. The van der Waals surface area contributed by atoms with Gasteiger partial charge in [-0.3, -0.25) is 20.4 Å². The first kappa shape index (κ1) is 19.5. The molecule has 0 unspecified atom stereocenters. The highest BCUT2D eigenvalue weighted by Gasteiger charge is 1.94. The molecule has 0 radical (unpaired) electrons. The van der Waals surface area contributed by atoms with Gasteiger partial charge >= 0.3 is 0 Å². The van der Waals surface area contributed by atoms with Crippen LogP contribution in [0.25, 0.3) is 0 Å². The Kier molecular flexibility index (Phi) is 17.6. The van der Waals surface area contributed by atoms with Crippen LogP contribution in [0.5, 0.6) is 0 Å². The molecule has 4 N–H and O–H groups in total. The minimum atomic E-state index is -0.00755. The van der Waals surface area contributed by atoms with Crippen LogP contribution in [0.1, 0.15) is 40.0 Å². The molecule has 0 saturated heterocycles. The summed E-state index contributed by atoms with van der Waals surface area (Å²) in [5.41, 5.74) is 10.5. The van der Waals surface area contributed by atoms with Crippen molar-refractivity contribution in [1.29, 1.82) is 0 Å². The van der Waals surface area contributed by atoms with Gasteiger partial charge in [0.25, 0.3) is 0 Å². The van der Waals surface area contributed by atoms with E-state index in [1.54, 1.807) is 0 Å². The number of carbonyl (C=O) groups excluding carboxylic acids is 2. The Bertz CT molecular complexity index is 193. The second kappa shape index (κ2) is 16.2. The molecule has 0 aromatic carbocycles. The fraction of sp³-hybridized carbons (Fsp3) is 0.818. The molecule has 0 aliphatic heterocycles. The van der Waals surface area contributed by atoms with E-state index in [0.29, 0.717) is 18.6 Å². The van der Waals surface area contributed by atoms with E-state index in [4.69, 9.17) is 0 Å². The van der Waals surface area contributed by atoms with Crippen LogP contribution in [0.3, 0.4) is 0 Å². The van der Waals surface area contributed by atoms with Gasteiger partial charge in [0.2, 0.25) is 11.8 Å². The van der Waals surface area contributed by atoms with Crippen LogP contribution in [0.15, 0.2) is 0 Å². The molecule has 0 heterocycles. The predicted octanol–water partition coefficient (Wildman–Crippen LogP) is 0.374. The molecule has 0 aromatic rings. The summed E-state index contributed by atoms with van der Waals surface area (Å²) >= 11 is 3.89. The number of carbonyl (C=O) groups is 2. The second-order valence-electron chi connectivity index (χ2n) is 3.38. The molecule has 108 valence electrons. The smallest absolute Gasteiger partial charge is 0.234 e. The Morgan fingerprint density at radius 2 is 1.33 bits per heavy atom. The van der Waals surface area contributed by atoms with Crippen molar-refractivity contribution in [3.05, 3.63) is 0 Å². The number of nitrogens with one attached hydrogen (secondary N) is 4. The first-order valence-corrected chi connectivity index (χ1v) is 6.89. The Morgan fingerprint density at radius 1 is 0.889 bits per heavy atom. The van der Waals surface area contributed by atoms with Crippen LogP contribution < -0.4 is 21.7 Å². The minimum absolute atomic E-state index is 0.00755. The van der Waals surface area contributed by atoms with Crippen LogP contribution >= 0.6 is 12.6 Å². The van der Waals surface area contributed by atoms with Crippen molar-refractivity contribution in [3.8, 4) is 0 Å². The summed E-state index contributed by atoms with van der Waals surface area (Å²) in [7, 11) is 0. The molecule has 0 bridgehead atoms. The molecule has 2 amide bonds. The van der Waals surface area contributed by atoms with Crippen LogP contribution in [-0.2, 0) is 9.59 Å². The Balaban J connectivity index is 0. The summed E-state index contributed by atoms with van der Waals surface area (Å²) in [6.07, 6.45) is 1.97. The molecular formula is C11H26N4O2S. The summed E-state index contributed by atoms with van der Waals surface area (Å²) in [5.74, 6) is 0.656. The average Bonchev–Trinajstić information content (AvgIpc) is 2.35. The number of hydrogen-bond acceptors (Lipinski definition) is 5.